The minimum absolute atomic E-state index is 0.0119. The standard InChI is InChI=1S/C27H46N2O10/c1-4-7-12-37-20-15-18(16-21(38-13-8-5-2)25(20)39-14-9-6-3)26(35)28-10-11-29-27(36)24(34)23(33)22(32)19(31)17-30/h15-16,19,22-24,30-34H,4-14,17H2,1-3H3,(H,28,35)(H,29,36)/t19-,22-,23-,24-/m1/s1. The number of aliphatic hydroxyl groups excluding tert-OH is 5. The van der Waals surface area contributed by atoms with Crippen molar-refractivity contribution in [3.05, 3.63) is 17.7 Å². The molecule has 0 aliphatic heterocycles. The van der Waals surface area contributed by atoms with E-state index in [0.717, 1.165) is 38.5 Å². The van der Waals surface area contributed by atoms with Crippen molar-refractivity contribution in [2.24, 2.45) is 0 Å². The smallest absolute Gasteiger partial charge is 0.251 e. The molecule has 0 aliphatic carbocycles. The summed E-state index contributed by atoms with van der Waals surface area (Å²) in [4.78, 5) is 25.0. The molecule has 2 amide bonds. The first-order valence-corrected chi connectivity index (χ1v) is 13.7. The van der Waals surface area contributed by atoms with Crippen molar-refractivity contribution in [3.8, 4) is 17.2 Å². The average molecular weight is 559 g/mol. The second kappa shape index (κ2) is 19.4. The summed E-state index contributed by atoms with van der Waals surface area (Å²) in [5.41, 5.74) is 0.277. The summed E-state index contributed by atoms with van der Waals surface area (Å²) in [6.45, 7) is 6.56. The fourth-order valence-electron chi connectivity index (χ4n) is 3.28. The molecule has 0 bridgehead atoms. The van der Waals surface area contributed by atoms with Crippen LogP contribution in [0.25, 0.3) is 0 Å². The van der Waals surface area contributed by atoms with Crippen molar-refractivity contribution in [3.63, 3.8) is 0 Å². The molecule has 7 N–H and O–H groups in total. The number of hydrogen-bond donors (Lipinski definition) is 7. The molecule has 0 unspecified atom stereocenters. The van der Waals surface area contributed by atoms with Gasteiger partial charge in [0.05, 0.1) is 26.4 Å². The van der Waals surface area contributed by atoms with Gasteiger partial charge in [-0.3, -0.25) is 9.59 Å². The van der Waals surface area contributed by atoms with Crippen LogP contribution in [0.1, 0.15) is 69.7 Å². The third kappa shape index (κ3) is 12.0. The van der Waals surface area contributed by atoms with E-state index in [9.17, 15) is 30.0 Å². The first-order chi connectivity index (χ1) is 18.7. The van der Waals surface area contributed by atoms with Crippen molar-refractivity contribution in [1.82, 2.24) is 10.6 Å². The third-order valence-electron chi connectivity index (χ3n) is 5.77. The highest BCUT2D eigenvalue weighted by atomic mass is 16.5. The molecule has 1 rings (SSSR count). The third-order valence-corrected chi connectivity index (χ3v) is 5.77. The van der Waals surface area contributed by atoms with Gasteiger partial charge in [0.1, 0.15) is 18.3 Å². The maximum atomic E-state index is 12.9. The molecule has 0 aliphatic rings. The van der Waals surface area contributed by atoms with Gasteiger partial charge in [-0.2, -0.15) is 0 Å². The number of rotatable bonds is 21. The number of carbonyl (C=O) groups is 2. The van der Waals surface area contributed by atoms with E-state index in [-0.39, 0.29) is 18.7 Å². The lowest BCUT2D eigenvalue weighted by molar-refractivity contribution is -0.148. The molecular formula is C27H46N2O10. The number of aliphatic hydroxyl groups is 5. The van der Waals surface area contributed by atoms with Crippen LogP contribution in [-0.2, 0) is 4.79 Å². The van der Waals surface area contributed by atoms with Gasteiger partial charge in [-0.25, -0.2) is 0 Å². The Kier molecular flexibility index (Phi) is 17.1. The minimum atomic E-state index is -2.05. The SMILES string of the molecule is CCCCOc1cc(C(=O)NCCNC(=O)[C@H](O)[C@H](O)[C@H](O)[C@H](O)CO)cc(OCCCC)c1OCCCC. The van der Waals surface area contributed by atoms with E-state index in [4.69, 9.17) is 19.3 Å². The van der Waals surface area contributed by atoms with Crippen molar-refractivity contribution < 1.29 is 49.3 Å². The van der Waals surface area contributed by atoms with Gasteiger partial charge in [-0.15, -0.1) is 0 Å². The molecule has 0 heterocycles. The van der Waals surface area contributed by atoms with Gasteiger partial charge in [0, 0.05) is 18.7 Å². The van der Waals surface area contributed by atoms with E-state index in [2.05, 4.69) is 17.6 Å². The van der Waals surface area contributed by atoms with Crippen LogP contribution >= 0.6 is 0 Å². The maximum Gasteiger partial charge on any atom is 0.251 e. The zero-order chi connectivity index (χ0) is 29.2. The Morgan fingerprint density at radius 1 is 0.769 bits per heavy atom. The predicted octanol–water partition coefficient (Wildman–Crippen LogP) is 0.505. The monoisotopic (exact) mass is 558 g/mol. The van der Waals surface area contributed by atoms with Crippen molar-refractivity contribution in [2.45, 2.75) is 83.7 Å². The second-order valence-electron chi connectivity index (χ2n) is 9.13. The summed E-state index contributed by atoms with van der Waals surface area (Å²) in [6, 6.07) is 3.18. The summed E-state index contributed by atoms with van der Waals surface area (Å²) in [5, 5.41) is 52.5. The van der Waals surface area contributed by atoms with Gasteiger partial charge >= 0.3 is 0 Å². The molecule has 0 saturated carbocycles. The average Bonchev–Trinajstić information content (AvgIpc) is 2.94. The molecular weight excluding hydrogens is 512 g/mol. The van der Waals surface area contributed by atoms with Crippen molar-refractivity contribution in [1.29, 1.82) is 0 Å². The molecule has 0 spiro atoms. The fourth-order valence-corrected chi connectivity index (χ4v) is 3.28. The molecule has 224 valence electrons. The van der Waals surface area contributed by atoms with E-state index in [1.54, 1.807) is 12.1 Å². The number of unbranched alkanes of at least 4 members (excludes halogenated alkanes) is 3. The number of amides is 2. The molecule has 1 aromatic rings. The second-order valence-corrected chi connectivity index (χ2v) is 9.13. The van der Waals surface area contributed by atoms with Crippen LogP contribution in [0.15, 0.2) is 12.1 Å². The molecule has 0 radical (unpaired) electrons. The van der Waals surface area contributed by atoms with E-state index >= 15 is 0 Å². The lowest BCUT2D eigenvalue weighted by Gasteiger charge is -2.24. The van der Waals surface area contributed by atoms with Gasteiger partial charge in [-0.1, -0.05) is 40.0 Å². The van der Waals surface area contributed by atoms with Crippen LogP contribution in [0, 0.1) is 0 Å². The zero-order valence-corrected chi connectivity index (χ0v) is 23.2. The summed E-state index contributed by atoms with van der Waals surface area (Å²) < 4.78 is 17.9. The van der Waals surface area contributed by atoms with Gasteiger partial charge in [-0.05, 0) is 31.4 Å². The lowest BCUT2D eigenvalue weighted by Crippen LogP contribution is -2.52. The topological polar surface area (TPSA) is 187 Å². The minimum Gasteiger partial charge on any atom is -0.490 e. The Morgan fingerprint density at radius 3 is 1.74 bits per heavy atom. The molecule has 12 heteroatoms. The molecule has 12 nitrogen and oxygen atoms in total. The van der Waals surface area contributed by atoms with Crippen molar-refractivity contribution >= 4 is 11.8 Å². The molecule has 1 aromatic carbocycles. The number of carbonyl (C=O) groups excluding carboxylic acids is 2. The number of ether oxygens (including phenoxy) is 3. The Labute approximate surface area is 230 Å². The highest BCUT2D eigenvalue weighted by Crippen LogP contribution is 2.39. The summed E-state index contributed by atoms with van der Waals surface area (Å²) >= 11 is 0. The van der Waals surface area contributed by atoms with E-state index in [1.807, 2.05) is 13.8 Å². The number of nitrogens with one attached hydrogen (secondary N) is 2. The summed E-state index contributed by atoms with van der Waals surface area (Å²) in [5.74, 6) is -0.194. The lowest BCUT2D eigenvalue weighted by atomic mass is 10.0. The van der Waals surface area contributed by atoms with E-state index < -0.39 is 42.8 Å². The Hall–Kier alpha value is -2.64. The van der Waals surface area contributed by atoms with Crippen LogP contribution in [0.5, 0.6) is 17.2 Å². The summed E-state index contributed by atoms with van der Waals surface area (Å²) in [7, 11) is 0. The van der Waals surface area contributed by atoms with Gasteiger partial charge in [0.2, 0.25) is 5.75 Å². The Balaban J connectivity index is 2.90. The number of benzene rings is 1. The van der Waals surface area contributed by atoms with Crippen molar-refractivity contribution in [2.75, 3.05) is 39.5 Å². The van der Waals surface area contributed by atoms with E-state index in [1.165, 1.54) is 0 Å². The quantitative estimate of drug-likeness (QED) is 0.105. The van der Waals surface area contributed by atoms with Gasteiger partial charge in [0.15, 0.2) is 17.6 Å². The van der Waals surface area contributed by atoms with Crippen LogP contribution in [0.3, 0.4) is 0 Å². The van der Waals surface area contributed by atoms with Crippen LogP contribution in [0.4, 0.5) is 0 Å². The highest BCUT2D eigenvalue weighted by Gasteiger charge is 2.34. The zero-order valence-electron chi connectivity index (χ0n) is 23.2. The normalized spacial score (nSPS) is 14.2. The fraction of sp³-hybridized carbons (Fsp3) is 0.704. The Morgan fingerprint density at radius 2 is 1.26 bits per heavy atom. The predicted molar refractivity (Wildman–Crippen MR) is 144 cm³/mol. The van der Waals surface area contributed by atoms with Gasteiger partial charge < -0.3 is 50.4 Å². The van der Waals surface area contributed by atoms with Gasteiger partial charge in [0.25, 0.3) is 11.8 Å². The van der Waals surface area contributed by atoms with Crippen LogP contribution in [-0.4, -0.2) is 101 Å². The van der Waals surface area contributed by atoms with E-state index in [0.29, 0.717) is 37.1 Å². The highest BCUT2D eigenvalue weighted by molar-refractivity contribution is 5.95. The first-order valence-electron chi connectivity index (χ1n) is 13.7. The van der Waals surface area contributed by atoms with Crippen LogP contribution < -0.4 is 24.8 Å². The molecule has 0 fully saturated rings. The molecule has 0 aromatic heterocycles. The van der Waals surface area contributed by atoms with Crippen LogP contribution in [0.2, 0.25) is 0 Å². The number of hydrogen-bond acceptors (Lipinski definition) is 10. The first kappa shape index (κ1) is 34.4. The molecule has 39 heavy (non-hydrogen) atoms. The largest absolute Gasteiger partial charge is 0.490 e. The molecule has 4 atom stereocenters. The summed E-state index contributed by atoms with van der Waals surface area (Å²) in [6.07, 6.45) is -2.39. The maximum absolute atomic E-state index is 12.9. The Bertz CT molecular complexity index is 823. The molecule has 0 saturated heterocycles.